The first-order valence-electron chi connectivity index (χ1n) is 6.26. The Morgan fingerprint density at radius 2 is 1.63 bits per heavy atom. The molecule has 1 aromatic carbocycles. The number of amides is 1. The Balaban J connectivity index is 2.85. The van der Waals surface area contributed by atoms with Gasteiger partial charge in [-0.05, 0) is 39.8 Å². The van der Waals surface area contributed by atoms with Crippen LogP contribution in [0.2, 0.25) is 0 Å². The number of hydrogen-bond acceptors (Lipinski definition) is 3. The second-order valence-electron chi connectivity index (χ2n) is 4.19. The van der Waals surface area contributed by atoms with E-state index in [0.717, 1.165) is 17.1 Å². The molecule has 0 heterocycles. The van der Waals surface area contributed by atoms with Gasteiger partial charge in [0.25, 0.3) is 5.91 Å². The van der Waals surface area contributed by atoms with Gasteiger partial charge in [-0.2, -0.15) is 0 Å². The number of hydrazine groups is 1. The van der Waals surface area contributed by atoms with Gasteiger partial charge >= 0.3 is 0 Å². The smallest absolute Gasteiger partial charge is 0.271 e. The van der Waals surface area contributed by atoms with Crippen molar-refractivity contribution in [2.75, 3.05) is 5.32 Å². The summed E-state index contributed by atoms with van der Waals surface area (Å²) < 4.78 is 0. The van der Waals surface area contributed by atoms with E-state index in [1.54, 1.807) is 6.07 Å². The van der Waals surface area contributed by atoms with Gasteiger partial charge in [-0.25, -0.2) is 0 Å². The number of allylic oxidation sites excluding steroid dienone is 4. The van der Waals surface area contributed by atoms with Gasteiger partial charge < -0.3 is 10.7 Å². The molecule has 0 aliphatic heterocycles. The van der Waals surface area contributed by atoms with Gasteiger partial charge in [-0.1, -0.05) is 24.3 Å². The standard InChI is InChI=1S/C15H21N3O/c1-5-11(3)16-14-10-8-7-9-13(14)15(19)18-17-12(4)6-2/h5-10,16-17H,1-4H3,(H,18,19)/b11-5+,12-6+. The molecular formula is C15H21N3O. The van der Waals surface area contributed by atoms with Crippen LogP contribution in [0.3, 0.4) is 0 Å². The zero-order valence-electron chi connectivity index (χ0n) is 11.9. The monoisotopic (exact) mass is 259 g/mol. The predicted molar refractivity (Wildman–Crippen MR) is 79.5 cm³/mol. The summed E-state index contributed by atoms with van der Waals surface area (Å²) in [5, 5.41) is 3.20. The summed E-state index contributed by atoms with van der Waals surface area (Å²) in [6.07, 6.45) is 3.84. The predicted octanol–water partition coefficient (Wildman–Crippen LogP) is 3.18. The number of para-hydroxylation sites is 1. The van der Waals surface area contributed by atoms with Crippen LogP contribution in [-0.2, 0) is 0 Å². The number of carbonyl (C=O) groups excluding carboxylic acids is 1. The first-order valence-corrected chi connectivity index (χ1v) is 6.26. The Bertz CT molecular complexity index is 504. The number of rotatable bonds is 5. The first-order chi connectivity index (χ1) is 9.08. The fraction of sp³-hybridized carbons (Fsp3) is 0.267. The molecule has 0 saturated carbocycles. The van der Waals surface area contributed by atoms with Gasteiger partial charge in [-0.15, -0.1) is 0 Å². The minimum atomic E-state index is -0.173. The van der Waals surface area contributed by atoms with E-state index in [1.807, 2.05) is 58.0 Å². The number of hydrogen-bond donors (Lipinski definition) is 3. The normalized spacial score (nSPS) is 12.0. The van der Waals surface area contributed by atoms with Gasteiger partial charge in [0, 0.05) is 11.4 Å². The molecule has 19 heavy (non-hydrogen) atoms. The second-order valence-corrected chi connectivity index (χ2v) is 4.19. The molecule has 3 N–H and O–H groups in total. The molecule has 0 aliphatic carbocycles. The Kier molecular flexibility index (Phi) is 5.67. The van der Waals surface area contributed by atoms with E-state index >= 15 is 0 Å². The van der Waals surface area contributed by atoms with Crippen molar-refractivity contribution in [2.24, 2.45) is 0 Å². The molecule has 0 fully saturated rings. The van der Waals surface area contributed by atoms with Crippen LogP contribution in [0, 0.1) is 0 Å². The van der Waals surface area contributed by atoms with Gasteiger partial charge in [0.05, 0.1) is 11.3 Å². The average molecular weight is 259 g/mol. The minimum Gasteiger partial charge on any atom is -0.359 e. The van der Waals surface area contributed by atoms with Crippen LogP contribution < -0.4 is 16.2 Å². The molecule has 0 unspecified atom stereocenters. The van der Waals surface area contributed by atoms with Crippen molar-refractivity contribution in [1.29, 1.82) is 0 Å². The highest BCUT2D eigenvalue weighted by atomic mass is 16.2. The lowest BCUT2D eigenvalue weighted by Crippen LogP contribution is -2.36. The fourth-order valence-electron chi connectivity index (χ4n) is 1.37. The SMILES string of the molecule is C/C=C(\C)NNC(=O)c1ccccc1N/C(C)=C/C. The van der Waals surface area contributed by atoms with Crippen molar-refractivity contribution >= 4 is 11.6 Å². The number of nitrogens with one attached hydrogen (secondary N) is 3. The van der Waals surface area contributed by atoms with Gasteiger partial charge in [0.2, 0.25) is 0 Å². The largest absolute Gasteiger partial charge is 0.359 e. The van der Waals surface area contributed by atoms with Gasteiger partial charge in [0.15, 0.2) is 0 Å². The quantitative estimate of drug-likeness (QED) is 0.712. The highest BCUT2D eigenvalue weighted by Crippen LogP contribution is 2.16. The maximum absolute atomic E-state index is 12.1. The van der Waals surface area contributed by atoms with Crippen molar-refractivity contribution < 1.29 is 4.79 Å². The second kappa shape index (κ2) is 7.26. The van der Waals surface area contributed by atoms with Crippen molar-refractivity contribution in [1.82, 2.24) is 10.9 Å². The molecule has 0 aliphatic rings. The molecule has 0 bridgehead atoms. The van der Waals surface area contributed by atoms with Crippen LogP contribution in [0.1, 0.15) is 38.1 Å². The summed E-state index contributed by atoms with van der Waals surface area (Å²) in [7, 11) is 0. The highest BCUT2D eigenvalue weighted by molar-refractivity contribution is 5.99. The molecular weight excluding hydrogens is 238 g/mol. The van der Waals surface area contributed by atoms with Gasteiger partial charge in [-0.3, -0.25) is 10.2 Å². The lowest BCUT2D eigenvalue weighted by molar-refractivity contribution is 0.0939. The molecule has 0 spiro atoms. The summed E-state index contributed by atoms with van der Waals surface area (Å²) in [6.45, 7) is 7.69. The van der Waals surface area contributed by atoms with Crippen molar-refractivity contribution in [3.8, 4) is 0 Å². The Hall–Kier alpha value is -2.23. The Labute approximate surface area is 114 Å². The molecule has 1 amide bonds. The molecule has 0 saturated heterocycles. The van der Waals surface area contributed by atoms with Crippen molar-refractivity contribution in [3.05, 3.63) is 53.4 Å². The van der Waals surface area contributed by atoms with Crippen LogP contribution >= 0.6 is 0 Å². The zero-order valence-corrected chi connectivity index (χ0v) is 11.9. The third-order valence-corrected chi connectivity index (χ3v) is 2.74. The molecule has 4 heteroatoms. The maximum atomic E-state index is 12.1. The first kappa shape index (κ1) is 14.8. The maximum Gasteiger partial charge on any atom is 0.271 e. The number of benzene rings is 1. The summed E-state index contributed by atoms with van der Waals surface area (Å²) >= 11 is 0. The fourth-order valence-corrected chi connectivity index (χ4v) is 1.37. The van der Waals surface area contributed by atoms with E-state index in [2.05, 4.69) is 16.2 Å². The van der Waals surface area contributed by atoms with Gasteiger partial charge in [0.1, 0.15) is 0 Å². The van der Waals surface area contributed by atoms with E-state index in [9.17, 15) is 4.79 Å². The minimum absolute atomic E-state index is 0.173. The summed E-state index contributed by atoms with van der Waals surface area (Å²) in [5.74, 6) is -0.173. The molecule has 0 radical (unpaired) electrons. The van der Waals surface area contributed by atoms with Crippen LogP contribution in [0.5, 0.6) is 0 Å². The number of anilines is 1. The van der Waals surface area contributed by atoms with E-state index in [0.29, 0.717) is 5.56 Å². The van der Waals surface area contributed by atoms with E-state index in [-0.39, 0.29) is 5.91 Å². The molecule has 102 valence electrons. The van der Waals surface area contributed by atoms with E-state index in [4.69, 9.17) is 0 Å². The molecule has 0 atom stereocenters. The summed E-state index contributed by atoms with van der Waals surface area (Å²) in [4.78, 5) is 12.1. The third-order valence-electron chi connectivity index (χ3n) is 2.74. The zero-order chi connectivity index (χ0) is 14.3. The van der Waals surface area contributed by atoms with Crippen LogP contribution in [-0.4, -0.2) is 5.91 Å². The topological polar surface area (TPSA) is 53.2 Å². The van der Waals surface area contributed by atoms with Crippen molar-refractivity contribution in [2.45, 2.75) is 27.7 Å². The molecule has 1 rings (SSSR count). The molecule has 0 aromatic heterocycles. The third kappa shape index (κ3) is 4.50. The Morgan fingerprint density at radius 1 is 1.00 bits per heavy atom. The lowest BCUT2D eigenvalue weighted by Gasteiger charge is -2.13. The summed E-state index contributed by atoms with van der Waals surface area (Å²) in [6, 6.07) is 7.40. The lowest BCUT2D eigenvalue weighted by atomic mass is 10.1. The van der Waals surface area contributed by atoms with Crippen LogP contribution in [0.15, 0.2) is 47.8 Å². The summed E-state index contributed by atoms with van der Waals surface area (Å²) in [5.41, 5.74) is 8.78. The molecule has 4 nitrogen and oxygen atoms in total. The number of carbonyl (C=O) groups is 1. The van der Waals surface area contributed by atoms with Crippen LogP contribution in [0.4, 0.5) is 5.69 Å². The molecule has 1 aromatic rings. The van der Waals surface area contributed by atoms with E-state index < -0.39 is 0 Å². The highest BCUT2D eigenvalue weighted by Gasteiger charge is 2.10. The van der Waals surface area contributed by atoms with Crippen LogP contribution in [0.25, 0.3) is 0 Å². The average Bonchev–Trinajstić information content (AvgIpc) is 2.44. The Morgan fingerprint density at radius 3 is 2.26 bits per heavy atom. The van der Waals surface area contributed by atoms with E-state index in [1.165, 1.54) is 0 Å². The van der Waals surface area contributed by atoms with Crippen molar-refractivity contribution in [3.63, 3.8) is 0 Å².